The fourth-order valence-corrected chi connectivity index (χ4v) is 1.63. The summed E-state index contributed by atoms with van der Waals surface area (Å²) in [5, 5.41) is 4.33. The summed E-state index contributed by atoms with van der Waals surface area (Å²) >= 11 is 1.16. The number of nitrogens with one attached hydrogen (secondary N) is 1. The highest BCUT2D eigenvalue weighted by Gasteiger charge is 2.17. The van der Waals surface area contributed by atoms with Crippen molar-refractivity contribution in [2.45, 2.75) is 26.4 Å². The van der Waals surface area contributed by atoms with E-state index in [0.29, 0.717) is 5.13 Å². The van der Waals surface area contributed by atoms with Gasteiger partial charge in [-0.2, -0.15) is 0 Å². The number of hydrogen-bond donors (Lipinski definition) is 1. The molecule has 0 aliphatic rings. The molecule has 0 aliphatic heterocycles. The SMILES string of the molecule is C=CC(=O)c1csc(NC(=O)OC(C)(C)C)n1. The molecule has 1 rings (SSSR count). The summed E-state index contributed by atoms with van der Waals surface area (Å²) < 4.78 is 5.05. The van der Waals surface area contributed by atoms with Crippen LogP contribution in [0.25, 0.3) is 0 Å². The first-order valence-electron chi connectivity index (χ1n) is 4.94. The molecular formula is C11H14N2O3S. The van der Waals surface area contributed by atoms with E-state index in [1.807, 2.05) is 0 Å². The van der Waals surface area contributed by atoms with E-state index in [1.54, 1.807) is 26.2 Å². The van der Waals surface area contributed by atoms with Crippen LogP contribution in [0.3, 0.4) is 0 Å². The molecule has 6 heteroatoms. The van der Waals surface area contributed by atoms with Gasteiger partial charge in [0, 0.05) is 5.38 Å². The monoisotopic (exact) mass is 254 g/mol. The summed E-state index contributed by atoms with van der Waals surface area (Å²) in [6, 6.07) is 0. The minimum atomic E-state index is -0.593. The Bertz CT molecular complexity index is 446. The minimum absolute atomic E-state index is 0.260. The summed E-state index contributed by atoms with van der Waals surface area (Å²) in [6.07, 6.45) is 0.580. The molecule has 1 N–H and O–H groups in total. The number of nitrogens with zero attached hydrogens (tertiary/aromatic N) is 1. The number of aromatic nitrogens is 1. The highest BCUT2D eigenvalue weighted by atomic mass is 32.1. The van der Waals surface area contributed by atoms with Crippen molar-refractivity contribution in [3.05, 3.63) is 23.7 Å². The van der Waals surface area contributed by atoms with Crippen molar-refractivity contribution in [1.82, 2.24) is 4.98 Å². The molecule has 0 radical (unpaired) electrons. The Balaban J connectivity index is 2.64. The number of allylic oxidation sites excluding steroid dienone is 1. The Morgan fingerprint density at radius 1 is 1.53 bits per heavy atom. The van der Waals surface area contributed by atoms with Crippen LogP contribution in [-0.4, -0.2) is 22.5 Å². The van der Waals surface area contributed by atoms with Gasteiger partial charge in [0.1, 0.15) is 11.3 Å². The van der Waals surface area contributed by atoms with Crippen LogP contribution in [-0.2, 0) is 4.74 Å². The van der Waals surface area contributed by atoms with Gasteiger partial charge in [0.2, 0.25) is 5.78 Å². The summed E-state index contributed by atoms with van der Waals surface area (Å²) in [4.78, 5) is 26.6. The first-order valence-corrected chi connectivity index (χ1v) is 5.82. The Morgan fingerprint density at radius 3 is 2.71 bits per heavy atom. The Morgan fingerprint density at radius 2 is 2.18 bits per heavy atom. The molecule has 0 aromatic carbocycles. The molecule has 1 aromatic heterocycles. The topological polar surface area (TPSA) is 68.3 Å². The van der Waals surface area contributed by atoms with Gasteiger partial charge in [-0.15, -0.1) is 11.3 Å². The van der Waals surface area contributed by atoms with Crippen LogP contribution in [0, 0.1) is 0 Å². The van der Waals surface area contributed by atoms with Gasteiger partial charge in [-0.3, -0.25) is 10.1 Å². The lowest BCUT2D eigenvalue weighted by molar-refractivity contribution is 0.0635. The van der Waals surface area contributed by atoms with Crippen molar-refractivity contribution < 1.29 is 14.3 Å². The maximum atomic E-state index is 11.4. The molecular weight excluding hydrogens is 240 g/mol. The third kappa shape index (κ3) is 4.36. The predicted octanol–water partition coefficient (Wildman–Crippen LogP) is 2.86. The van der Waals surface area contributed by atoms with Crippen LogP contribution >= 0.6 is 11.3 Å². The molecule has 1 amide bonds. The Labute approximate surface area is 104 Å². The van der Waals surface area contributed by atoms with Crippen molar-refractivity contribution in [2.75, 3.05) is 5.32 Å². The molecule has 1 aromatic rings. The average Bonchev–Trinajstić information content (AvgIpc) is 2.62. The number of carbonyl (C=O) groups is 2. The summed E-state index contributed by atoms with van der Waals surface area (Å²) in [6.45, 7) is 8.65. The zero-order valence-electron chi connectivity index (χ0n) is 9.94. The predicted molar refractivity (Wildman–Crippen MR) is 66.5 cm³/mol. The fourth-order valence-electron chi connectivity index (χ4n) is 0.940. The lowest BCUT2D eigenvalue weighted by Gasteiger charge is -2.18. The Hall–Kier alpha value is -1.69. The lowest BCUT2D eigenvalue weighted by Crippen LogP contribution is -2.27. The highest BCUT2D eigenvalue weighted by Crippen LogP contribution is 2.17. The van der Waals surface area contributed by atoms with Gasteiger partial charge in [-0.05, 0) is 26.8 Å². The number of anilines is 1. The van der Waals surface area contributed by atoms with Crippen molar-refractivity contribution >= 4 is 28.3 Å². The number of rotatable bonds is 3. The number of thiazole rings is 1. The molecule has 1 heterocycles. The molecule has 0 saturated heterocycles. The summed E-state index contributed by atoms with van der Waals surface area (Å²) in [7, 11) is 0. The first kappa shape index (κ1) is 13.4. The van der Waals surface area contributed by atoms with Crippen LogP contribution in [0.2, 0.25) is 0 Å². The second kappa shape index (κ2) is 5.09. The van der Waals surface area contributed by atoms with Crippen molar-refractivity contribution in [2.24, 2.45) is 0 Å². The largest absolute Gasteiger partial charge is 0.444 e. The first-order chi connectivity index (χ1) is 7.81. The van der Waals surface area contributed by atoms with Crippen molar-refractivity contribution in [3.63, 3.8) is 0 Å². The van der Waals surface area contributed by atoms with E-state index >= 15 is 0 Å². The van der Waals surface area contributed by atoms with Crippen LogP contribution in [0.1, 0.15) is 31.3 Å². The van der Waals surface area contributed by atoms with E-state index in [-0.39, 0.29) is 11.5 Å². The van der Waals surface area contributed by atoms with Gasteiger partial charge in [-0.25, -0.2) is 9.78 Å². The van der Waals surface area contributed by atoms with Crippen LogP contribution in [0.5, 0.6) is 0 Å². The molecule has 0 bridgehead atoms. The van der Waals surface area contributed by atoms with Gasteiger partial charge in [0.25, 0.3) is 0 Å². The van der Waals surface area contributed by atoms with Gasteiger partial charge in [0.15, 0.2) is 5.13 Å². The quantitative estimate of drug-likeness (QED) is 0.665. The van der Waals surface area contributed by atoms with Crippen molar-refractivity contribution in [3.8, 4) is 0 Å². The second-order valence-electron chi connectivity index (χ2n) is 4.23. The molecule has 92 valence electrons. The van der Waals surface area contributed by atoms with Crippen LogP contribution < -0.4 is 5.32 Å². The molecule has 0 unspecified atom stereocenters. The van der Waals surface area contributed by atoms with E-state index in [4.69, 9.17) is 4.74 Å². The molecule has 0 fully saturated rings. The molecule has 5 nitrogen and oxygen atoms in total. The smallest absolute Gasteiger partial charge is 0.413 e. The molecule has 0 saturated carbocycles. The number of amides is 1. The van der Waals surface area contributed by atoms with Gasteiger partial charge in [0.05, 0.1) is 0 Å². The number of carbonyl (C=O) groups excluding carboxylic acids is 2. The number of ether oxygens (including phenoxy) is 1. The van der Waals surface area contributed by atoms with E-state index in [0.717, 1.165) is 11.3 Å². The van der Waals surface area contributed by atoms with E-state index in [1.165, 1.54) is 6.08 Å². The maximum absolute atomic E-state index is 11.4. The maximum Gasteiger partial charge on any atom is 0.413 e. The lowest BCUT2D eigenvalue weighted by atomic mass is 10.2. The normalized spacial score (nSPS) is 10.8. The molecule has 17 heavy (non-hydrogen) atoms. The minimum Gasteiger partial charge on any atom is -0.444 e. The average molecular weight is 254 g/mol. The summed E-state index contributed by atoms with van der Waals surface area (Å²) in [5.74, 6) is -0.279. The molecule has 0 atom stereocenters. The van der Waals surface area contributed by atoms with Crippen LogP contribution in [0.4, 0.5) is 9.93 Å². The molecule has 0 aliphatic carbocycles. The number of hydrogen-bond acceptors (Lipinski definition) is 5. The van der Waals surface area contributed by atoms with Gasteiger partial charge < -0.3 is 4.74 Å². The highest BCUT2D eigenvalue weighted by molar-refractivity contribution is 7.14. The Kier molecular flexibility index (Phi) is 4.01. The zero-order chi connectivity index (χ0) is 13.1. The number of ketones is 1. The standard InChI is InChI=1S/C11H14N2O3S/c1-5-8(14)7-6-17-9(12-7)13-10(15)16-11(2,3)4/h5-6H,1H2,2-4H3,(H,12,13,15). The van der Waals surface area contributed by atoms with Gasteiger partial charge in [-0.1, -0.05) is 6.58 Å². The molecule has 0 spiro atoms. The van der Waals surface area contributed by atoms with Crippen molar-refractivity contribution in [1.29, 1.82) is 0 Å². The van der Waals surface area contributed by atoms with E-state index < -0.39 is 11.7 Å². The third-order valence-electron chi connectivity index (χ3n) is 1.55. The zero-order valence-corrected chi connectivity index (χ0v) is 10.8. The van der Waals surface area contributed by atoms with Crippen LogP contribution in [0.15, 0.2) is 18.0 Å². The fraction of sp³-hybridized carbons (Fsp3) is 0.364. The second-order valence-corrected chi connectivity index (χ2v) is 5.09. The van der Waals surface area contributed by atoms with E-state index in [9.17, 15) is 9.59 Å². The van der Waals surface area contributed by atoms with Gasteiger partial charge >= 0.3 is 6.09 Å². The van der Waals surface area contributed by atoms with E-state index in [2.05, 4.69) is 16.9 Å². The third-order valence-corrected chi connectivity index (χ3v) is 2.31. The summed E-state index contributed by atoms with van der Waals surface area (Å²) in [5.41, 5.74) is -0.308.